The summed E-state index contributed by atoms with van der Waals surface area (Å²) in [4.78, 5) is 13.6. The lowest BCUT2D eigenvalue weighted by molar-refractivity contribution is 0.444. The number of thiocarbonyl (C=S) groups is 1. The van der Waals surface area contributed by atoms with Crippen LogP contribution < -0.4 is 20.4 Å². The standard InChI is InChI=1S/C22H29ClN6S/c1-16-5-4-12-29(15-16)20-13-19(23)25-21(26-20)27-22(30)24-14-17-6-8-18(9-7-17)28-10-2-3-11-28/h6-9,13,16H,2-5,10-12,14-15H2,1H3,(H2,24,25,26,27,30)/t16-/m0/s1. The third kappa shape index (κ3) is 5.52. The molecule has 0 unspecified atom stereocenters. The molecule has 2 aliphatic heterocycles. The van der Waals surface area contributed by atoms with E-state index in [-0.39, 0.29) is 0 Å². The van der Waals surface area contributed by atoms with E-state index in [4.69, 9.17) is 23.8 Å². The molecule has 4 rings (SSSR count). The molecular weight excluding hydrogens is 416 g/mol. The molecule has 0 bridgehead atoms. The van der Waals surface area contributed by atoms with Gasteiger partial charge < -0.3 is 20.4 Å². The first-order valence-corrected chi connectivity index (χ1v) is 11.5. The lowest BCUT2D eigenvalue weighted by Gasteiger charge is -2.32. The maximum absolute atomic E-state index is 6.25. The largest absolute Gasteiger partial charge is 0.372 e. The van der Waals surface area contributed by atoms with Crippen molar-refractivity contribution in [3.05, 3.63) is 41.0 Å². The molecule has 2 saturated heterocycles. The fourth-order valence-corrected chi connectivity index (χ4v) is 4.49. The Morgan fingerprint density at radius 2 is 1.83 bits per heavy atom. The van der Waals surface area contributed by atoms with Gasteiger partial charge in [0.25, 0.3) is 0 Å². The first-order chi connectivity index (χ1) is 14.6. The molecule has 2 aliphatic rings. The van der Waals surface area contributed by atoms with Crippen LogP contribution in [0.4, 0.5) is 17.5 Å². The minimum Gasteiger partial charge on any atom is -0.372 e. The van der Waals surface area contributed by atoms with Gasteiger partial charge >= 0.3 is 0 Å². The topological polar surface area (TPSA) is 56.3 Å². The number of anilines is 3. The second kappa shape index (κ2) is 9.79. The highest BCUT2D eigenvalue weighted by Gasteiger charge is 2.19. The van der Waals surface area contributed by atoms with Gasteiger partial charge in [-0.1, -0.05) is 30.7 Å². The average Bonchev–Trinajstić information content (AvgIpc) is 3.27. The Hall–Kier alpha value is -2.12. The summed E-state index contributed by atoms with van der Waals surface area (Å²) in [6.07, 6.45) is 5.00. The maximum Gasteiger partial charge on any atom is 0.232 e. The van der Waals surface area contributed by atoms with E-state index in [1.807, 2.05) is 6.07 Å². The molecule has 2 aromatic rings. The summed E-state index contributed by atoms with van der Waals surface area (Å²) < 4.78 is 0. The smallest absolute Gasteiger partial charge is 0.232 e. The van der Waals surface area contributed by atoms with E-state index in [2.05, 4.69) is 61.6 Å². The second-order valence-corrected chi connectivity index (χ2v) is 9.03. The number of halogens is 1. The molecule has 160 valence electrons. The number of piperidine rings is 1. The van der Waals surface area contributed by atoms with E-state index in [0.29, 0.717) is 28.7 Å². The summed E-state index contributed by atoms with van der Waals surface area (Å²) >= 11 is 11.7. The molecule has 8 heteroatoms. The van der Waals surface area contributed by atoms with E-state index in [1.165, 1.54) is 36.9 Å². The van der Waals surface area contributed by atoms with Gasteiger partial charge in [-0.3, -0.25) is 0 Å². The van der Waals surface area contributed by atoms with Crippen molar-refractivity contribution in [2.45, 2.75) is 39.2 Å². The number of benzene rings is 1. The molecule has 0 aliphatic carbocycles. The highest BCUT2D eigenvalue weighted by atomic mass is 35.5. The van der Waals surface area contributed by atoms with Crippen molar-refractivity contribution < 1.29 is 0 Å². The van der Waals surface area contributed by atoms with Crippen molar-refractivity contribution in [3.8, 4) is 0 Å². The molecule has 2 fully saturated rings. The van der Waals surface area contributed by atoms with Gasteiger partial charge in [-0.15, -0.1) is 0 Å². The zero-order valence-electron chi connectivity index (χ0n) is 17.4. The molecule has 0 spiro atoms. The van der Waals surface area contributed by atoms with Crippen LogP contribution in [0.2, 0.25) is 5.15 Å². The number of nitrogens with one attached hydrogen (secondary N) is 2. The lowest BCUT2D eigenvalue weighted by atomic mass is 10.0. The fourth-order valence-electron chi connectivity index (χ4n) is 4.15. The number of rotatable bonds is 5. The van der Waals surface area contributed by atoms with Crippen molar-refractivity contribution in [1.82, 2.24) is 15.3 Å². The summed E-state index contributed by atoms with van der Waals surface area (Å²) in [5.74, 6) is 1.94. The minimum atomic E-state index is 0.418. The molecule has 1 aromatic carbocycles. The first-order valence-electron chi connectivity index (χ1n) is 10.7. The van der Waals surface area contributed by atoms with Crippen LogP contribution >= 0.6 is 23.8 Å². The fraction of sp³-hybridized carbons (Fsp3) is 0.500. The molecular formula is C22H29ClN6S. The molecule has 2 N–H and O–H groups in total. The van der Waals surface area contributed by atoms with E-state index < -0.39 is 0 Å². The number of aromatic nitrogens is 2. The van der Waals surface area contributed by atoms with Crippen LogP contribution in [-0.4, -0.2) is 41.3 Å². The van der Waals surface area contributed by atoms with Gasteiger partial charge in [-0.25, -0.2) is 4.98 Å². The normalized spacial score (nSPS) is 19.1. The summed E-state index contributed by atoms with van der Waals surface area (Å²) in [5.41, 5.74) is 2.47. The Kier molecular flexibility index (Phi) is 6.89. The van der Waals surface area contributed by atoms with Crippen molar-refractivity contribution >= 4 is 46.4 Å². The molecule has 1 atom stereocenters. The minimum absolute atomic E-state index is 0.418. The Morgan fingerprint density at radius 1 is 1.10 bits per heavy atom. The van der Waals surface area contributed by atoms with Crippen LogP contribution in [0, 0.1) is 5.92 Å². The Labute approximate surface area is 189 Å². The third-order valence-corrected chi connectivity index (χ3v) is 6.19. The quantitative estimate of drug-likeness (QED) is 0.521. The number of hydrogen-bond donors (Lipinski definition) is 2. The Bertz CT molecular complexity index is 868. The predicted octanol–water partition coefficient (Wildman–Crippen LogP) is 4.45. The highest BCUT2D eigenvalue weighted by molar-refractivity contribution is 7.80. The van der Waals surface area contributed by atoms with Crippen LogP contribution in [0.5, 0.6) is 0 Å². The van der Waals surface area contributed by atoms with Gasteiger partial charge in [0.2, 0.25) is 5.95 Å². The van der Waals surface area contributed by atoms with Crippen LogP contribution in [0.3, 0.4) is 0 Å². The van der Waals surface area contributed by atoms with Crippen LogP contribution in [0.15, 0.2) is 30.3 Å². The predicted molar refractivity (Wildman–Crippen MR) is 129 cm³/mol. The van der Waals surface area contributed by atoms with Gasteiger partial charge in [-0.05, 0) is 61.5 Å². The van der Waals surface area contributed by atoms with E-state index >= 15 is 0 Å². The Balaban J connectivity index is 1.32. The van der Waals surface area contributed by atoms with E-state index in [1.54, 1.807) is 0 Å². The molecule has 6 nitrogen and oxygen atoms in total. The summed E-state index contributed by atoms with van der Waals surface area (Å²) in [5, 5.41) is 7.21. The molecule has 0 amide bonds. The SMILES string of the molecule is C[C@H]1CCCN(c2cc(Cl)nc(NC(=S)NCc3ccc(N4CCCC4)cc3)n2)C1. The van der Waals surface area contributed by atoms with Gasteiger partial charge in [0.15, 0.2) is 5.11 Å². The molecule has 3 heterocycles. The zero-order valence-corrected chi connectivity index (χ0v) is 19.0. The van der Waals surface area contributed by atoms with Gasteiger partial charge in [-0.2, -0.15) is 4.98 Å². The zero-order chi connectivity index (χ0) is 20.9. The van der Waals surface area contributed by atoms with Gasteiger partial charge in [0.05, 0.1) is 0 Å². The van der Waals surface area contributed by atoms with Gasteiger partial charge in [0.1, 0.15) is 11.0 Å². The van der Waals surface area contributed by atoms with Crippen molar-refractivity contribution in [3.63, 3.8) is 0 Å². The second-order valence-electron chi connectivity index (χ2n) is 8.23. The van der Waals surface area contributed by atoms with E-state index in [0.717, 1.165) is 32.0 Å². The van der Waals surface area contributed by atoms with Crippen LogP contribution in [-0.2, 0) is 6.54 Å². The van der Waals surface area contributed by atoms with Crippen molar-refractivity contribution in [1.29, 1.82) is 0 Å². The first kappa shape index (κ1) is 21.1. The third-order valence-electron chi connectivity index (χ3n) is 5.75. The molecule has 0 saturated carbocycles. The number of nitrogens with zero attached hydrogens (tertiary/aromatic N) is 4. The van der Waals surface area contributed by atoms with Crippen molar-refractivity contribution in [2.24, 2.45) is 5.92 Å². The van der Waals surface area contributed by atoms with Crippen LogP contribution in [0.1, 0.15) is 38.2 Å². The highest BCUT2D eigenvalue weighted by Crippen LogP contribution is 2.24. The van der Waals surface area contributed by atoms with Crippen LogP contribution in [0.25, 0.3) is 0 Å². The van der Waals surface area contributed by atoms with Crippen molar-refractivity contribution in [2.75, 3.05) is 41.3 Å². The summed E-state index contributed by atoms with van der Waals surface area (Å²) in [6, 6.07) is 10.5. The Morgan fingerprint density at radius 3 is 2.57 bits per heavy atom. The van der Waals surface area contributed by atoms with Gasteiger partial charge in [0, 0.05) is 44.5 Å². The summed E-state index contributed by atoms with van der Waals surface area (Å²) in [7, 11) is 0. The number of hydrogen-bond acceptors (Lipinski definition) is 5. The average molecular weight is 445 g/mol. The maximum atomic E-state index is 6.25. The molecule has 1 aromatic heterocycles. The lowest BCUT2D eigenvalue weighted by Crippen LogP contribution is -2.35. The molecule has 0 radical (unpaired) electrons. The van der Waals surface area contributed by atoms with E-state index in [9.17, 15) is 0 Å². The molecule has 30 heavy (non-hydrogen) atoms. The summed E-state index contributed by atoms with van der Waals surface area (Å²) in [6.45, 7) is 7.21. The monoisotopic (exact) mass is 444 g/mol.